The quantitative estimate of drug-likeness (QED) is 0.861. The minimum atomic E-state index is 0.00604. The minimum Gasteiger partial charge on any atom is -0.323 e. The van der Waals surface area contributed by atoms with Gasteiger partial charge >= 0.3 is 0 Å². The Morgan fingerprint density at radius 1 is 1.20 bits per heavy atom. The Morgan fingerprint density at radius 2 is 1.96 bits per heavy atom. The van der Waals surface area contributed by atoms with Crippen molar-refractivity contribution in [2.24, 2.45) is 0 Å². The van der Waals surface area contributed by atoms with Crippen molar-refractivity contribution in [3.8, 4) is 0 Å². The molecule has 1 heterocycles. The van der Waals surface area contributed by atoms with Crippen molar-refractivity contribution in [3.63, 3.8) is 0 Å². The molecule has 2 amide bonds. The predicted octanol–water partition coefficient (Wildman–Crippen LogP) is 3.41. The molecule has 3 rings (SSSR count). The van der Waals surface area contributed by atoms with E-state index in [1.165, 1.54) is 32.1 Å². The first-order valence-electron chi connectivity index (χ1n) is 9.62. The number of rotatable bonds is 6. The molecule has 1 aliphatic heterocycles. The molecule has 5 heteroatoms. The lowest BCUT2D eigenvalue weighted by molar-refractivity contribution is -0.118. The second-order valence-corrected chi connectivity index (χ2v) is 7.07. The fraction of sp³-hybridized carbons (Fsp3) is 0.600. The topological polar surface area (TPSA) is 52.7 Å². The molecule has 136 valence electrons. The second-order valence-electron chi connectivity index (χ2n) is 7.07. The maximum absolute atomic E-state index is 12.6. The first-order chi connectivity index (χ1) is 12.2. The van der Waals surface area contributed by atoms with Gasteiger partial charge in [-0.2, -0.15) is 0 Å². The summed E-state index contributed by atoms with van der Waals surface area (Å²) < 4.78 is 0. The van der Waals surface area contributed by atoms with Crippen LogP contribution in [0.4, 0.5) is 11.4 Å². The Morgan fingerprint density at radius 3 is 2.64 bits per heavy atom. The van der Waals surface area contributed by atoms with Gasteiger partial charge in [0, 0.05) is 19.0 Å². The molecule has 1 aromatic carbocycles. The number of para-hydroxylation sites is 2. The molecule has 0 aromatic heterocycles. The van der Waals surface area contributed by atoms with Gasteiger partial charge in [-0.25, -0.2) is 0 Å². The van der Waals surface area contributed by atoms with Gasteiger partial charge in [0.2, 0.25) is 11.8 Å². The first kappa shape index (κ1) is 17.9. The lowest BCUT2D eigenvalue weighted by Gasteiger charge is -2.33. The highest BCUT2D eigenvalue weighted by molar-refractivity contribution is 6.02. The van der Waals surface area contributed by atoms with E-state index < -0.39 is 0 Å². The molecule has 1 saturated carbocycles. The number of hydrogen-bond acceptors (Lipinski definition) is 3. The third kappa shape index (κ3) is 4.40. The van der Waals surface area contributed by atoms with E-state index in [0.29, 0.717) is 19.0 Å². The van der Waals surface area contributed by atoms with E-state index in [1.54, 1.807) is 4.90 Å². The monoisotopic (exact) mass is 343 g/mol. The van der Waals surface area contributed by atoms with Crippen LogP contribution >= 0.6 is 0 Å². The van der Waals surface area contributed by atoms with Crippen LogP contribution in [0.1, 0.15) is 51.9 Å². The number of benzene rings is 1. The molecule has 0 atom stereocenters. The van der Waals surface area contributed by atoms with Crippen LogP contribution in [0.3, 0.4) is 0 Å². The van der Waals surface area contributed by atoms with Gasteiger partial charge in [0.1, 0.15) is 0 Å². The van der Waals surface area contributed by atoms with Gasteiger partial charge in [-0.3, -0.25) is 14.5 Å². The summed E-state index contributed by atoms with van der Waals surface area (Å²) in [6.07, 6.45) is 7.71. The van der Waals surface area contributed by atoms with E-state index in [0.717, 1.165) is 30.9 Å². The number of nitrogens with zero attached hydrogens (tertiary/aromatic N) is 2. The summed E-state index contributed by atoms with van der Waals surface area (Å²) in [5.41, 5.74) is 1.56. The Hall–Kier alpha value is -1.88. The molecule has 1 N–H and O–H groups in total. The Labute approximate surface area is 150 Å². The number of amides is 2. The standard InChI is InChI=1S/C20H29N3O2/c1-2-22(16-9-4-3-5-10-16)15-19(24)21-17-11-6-7-12-18(17)23-14-8-13-20(23)25/h6-7,11-12,16H,2-5,8-10,13-15H2,1H3,(H,21,24). The fourth-order valence-corrected chi connectivity index (χ4v) is 4.04. The maximum atomic E-state index is 12.6. The lowest BCUT2D eigenvalue weighted by Crippen LogP contribution is -2.41. The van der Waals surface area contributed by atoms with Crippen LogP contribution in [0, 0.1) is 0 Å². The molecule has 0 unspecified atom stereocenters. The molecular weight excluding hydrogens is 314 g/mol. The Balaban J connectivity index is 1.65. The van der Waals surface area contributed by atoms with Crippen molar-refractivity contribution in [1.29, 1.82) is 0 Å². The first-order valence-corrected chi connectivity index (χ1v) is 9.62. The molecule has 5 nitrogen and oxygen atoms in total. The molecule has 1 aromatic rings. The average Bonchev–Trinajstić information content (AvgIpc) is 3.06. The second kappa shape index (κ2) is 8.48. The van der Waals surface area contributed by atoms with Crippen LogP contribution in [-0.4, -0.2) is 42.4 Å². The zero-order valence-corrected chi connectivity index (χ0v) is 15.2. The van der Waals surface area contributed by atoms with Gasteiger partial charge in [0.05, 0.1) is 17.9 Å². The predicted molar refractivity (Wildman–Crippen MR) is 101 cm³/mol. The summed E-state index contributed by atoms with van der Waals surface area (Å²) in [4.78, 5) is 28.7. The molecule has 2 fully saturated rings. The van der Waals surface area contributed by atoms with Crippen LogP contribution in [0.5, 0.6) is 0 Å². The number of hydrogen-bond donors (Lipinski definition) is 1. The van der Waals surface area contributed by atoms with E-state index in [-0.39, 0.29) is 11.8 Å². The van der Waals surface area contributed by atoms with Crippen molar-refractivity contribution in [1.82, 2.24) is 4.90 Å². The van der Waals surface area contributed by atoms with Crippen LogP contribution in [-0.2, 0) is 9.59 Å². The number of likely N-dealkylation sites (N-methyl/N-ethyl adjacent to an activating group) is 1. The zero-order valence-electron chi connectivity index (χ0n) is 15.2. The SMILES string of the molecule is CCN(CC(=O)Nc1ccccc1N1CCCC1=O)C1CCCCC1. The van der Waals surface area contributed by atoms with E-state index in [9.17, 15) is 9.59 Å². The van der Waals surface area contributed by atoms with Gasteiger partial charge in [-0.15, -0.1) is 0 Å². The highest BCUT2D eigenvalue weighted by atomic mass is 16.2. The van der Waals surface area contributed by atoms with Gasteiger partial charge in [-0.05, 0) is 37.9 Å². The number of carbonyl (C=O) groups is 2. The highest BCUT2D eigenvalue weighted by Crippen LogP contribution is 2.29. The Bertz CT molecular complexity index is 611. The van der Waals surface area contributed by atoms with E-state index >= 15 is 0 Å². The van der Waals surface area contributed by atoms with Crippen LogP contribution in [0.15, 0.2) is 24.3 Å². The number of nitrogens with one attached hydrogen (secondary N) is 1. The summed E-state index contributed by atoms with van der Waals surface area (Å²) in [6.45, 7) is 4.17. The normalized spacial score (nSPS) is 18.8. The molecule has 0 radical (unpaired) electrons. The van der Waals surface area contributed by atoms with Gasteiger partial charge in [-0.1, -0.05) is 38.3 Å². The van der Waals surface area contributed by atoms with Gasteiger partial charge in [0.25, 0.3) is 0 Å². The lowest BCUT2D eigenvalue weighted by atomic mass is 9.94. The average molecular weight is 343 g/mol. The van der Waals surface area contributed by atoms with Gasteiger partial charge in [0.15, 0.2) is 0 Å². The molecule has 2 aliphatic rings. The third-order valence-corrected chi connectivity index (χ3v) is 5.39. The highest BCUT2D eigenvalue weighted by Gasteiger charge is 2.25. The zero-order chi connectivity index (χ0) is 17.6. The van der Waals surface area contributed by atoms with Crippen LogP contribution in [0.25, 0.3) is 0 Å². The van der Waals surface area contributed by atoms with E-state index in [2.05, 4.69) is 17.1 Å². The molecule has 1 saturated heterocycles. The number of carbonyl (C=O) groups excluding carboxylic acids is 2. The summed E-state index contributed by atoms with van der Waals surface area (Å²) >= 11 is 0. The van der Waals surface area contributed by atoms with Crippen molar-refractivity contribution in [3.05, 3.63) is 24.3 Å². The maximum Gasteiger partial charge on any atom is 0.238 e. The molecular formula is C20H29N3O2. The largest absolute Gasteiger partial charge is 0.323 e. The van der Waals surface area contributed by atoms with Gasteiger partial charge < -0.3 is 10.2 Å². The Kier molecular flexibility index (Phi) is 6.08. The molecule has 1 aliphatic carbocycles. The van der Waals surface area contributed by atoms with Crippen molar-refractivity contribution >= 4 is 23.2 Å². The summed E-state index contributed by atoms with van der Waals surface area (Å²) in [7, 11) is 0. The fourth-order valence-electron chi connectivity index (χ4n) is 4.04. The van der Waals surface area contributed by atoms with Crippen molar-refractivity contribution < 1.29 is 9.59 Å². The molecule has 0 spiro atoms. The minimum absolute atomic E-state index is 0.00604. The summed E-state index contributed by atoms with van der Waals surface area (Å²) in [6, 6.07) is 8.14. The van der Waals surface area contributed by atoms with E-state index in [1.807, 2.05) is 24.3 Å². The van der Waals surface area contributed by atoms with Crippen molar-refractivity contribution in [2.45, 2.75) is 57.9 Å². The summed E-state index contributed by atoms with van der Waals surface area (Å²) in [5.74, 6) is 0.144. The van der Waals surface area contributed by atoms with Crippen LogP contribution < -0.4 is 10.2 Å². The van der Waals surface area contributed by atoms with Crippen LogP contribution in [0.2, 0.25) is 0 Å². The third-order valence-electron chi connectivity index (χ3n) is 5.39. The number of anilines is 2. The smallest absolute Gasteiger partial charge is 0.238 e. The molecule has 25 heavy (non-hydrogen) atoms. The van der Waals surface area contributed by atoms with Crippen molar-refractivity contribution in [2.75, 3.05) is 29.9 Å². The summed E-state index contributed by atoms with van der Waals surface area (Å²) in [5, 5.41) is 3.04. The molecule has 0 bridgehead atoms. The van der Waals surface area contributed by atoms with E-state index in [4.69, 9.17) is 0 Å².